The summed E-state index contributed by atoms with van der Waals surface area (Å²) < 4.78 is 249. The summed E-state index contributed by atoms with van der Waals surface area (Å²) in [6.45, 7) is 0. The first-order chi connectivity index (χ1) is 14.1. The Hall–Kier alpha value is -1.63. The summed E-state index contributed by atoms with van der Waals surface area (Å²) in [4.78, 5) is 0. The van der Waals surface area contributed by atoms with E-state index in [1.54, 1.807) is 0 Å². The second kappa shape index (κ2) is 7.43. The molecule has 0 aliphatic carbocycles. The lowest BCUT2D eigenvalue weighted by Crippen LogP contribution is -2.75. The molecule has 0 N–H and O–H groups in total. The van der Waals surface area contributed by atoms with Gasteiger partial charge < -0.3 is 0 Å². The Morgan fingerprint density at radius 2 is 0.727 bits per heavy atom. The summed E-state index contributed by atoms with van der Waals surface area (Å²) in [7, 11) is 0. The highest BCUT2D eigenvalue weighted by Gasteiger charge is 2.96. The van der Waals surface area contributed by atoms with Crippen LogP contribution in [0.4, 0.5) is 83.4 Å². The Labute approximate surface area is 172 Å². The number of hydrogen-bond donors (Lipinski definition) is 0. The first kappa shape index (κ1) is 29.4. The molecule has 1 rings (SSSR count). The molecular weight excluding hydrogens is 549 g/mol. The molecular formula is C13H3F19S. The lowest BCUT2D eigenvalue weighted by Gasteiger charge is -2.43. The van der Waals surface area contributed by atoms with Gasteiger partial charge >= 0.3 is 53.6 Å². The van der Waals surface area contributed by atoms with Crippen molar-refractivity contribution in [2.45, 2.75) is 53.6 Å². The molecule has 0 saturated carbocycles. The highest BCUT2D eigenvalue weighted by molar-refractivity contribution is 7.08. The predicted molar refractivity (Wildman–Crippen MR) is 68.9 cm³/mol. The maximum atomic E-state index is 13.7. The molecule has 1 aromatic rings. The molecule has 0 saturated heterocycles. The average molecular weight is 552 g/mol. The maximum absolute atomic E-state index is 13.7. The highest BCUT2D eigenvalue weighted by atomic mass is 32.1. The topological polar surface area (TPSA) is 0 Å². The van der Waals surface area contributed by atoms with Gasteiger partial charge in [-0.2, -0.15) is 94.8 Å². The summed E-state index contributed by atoms with van der Waals surface area (Å²) in [5.74, 6) is -66.4. The van der Waals surface area contributed by atoms with Crippen LogP contribution in [0.25, 0.3) is 0 Å². The molecule has 1 aromatic heterocycles. The number of halogens is 19. The summed E-state index contributed by atoms with van der Waals surface area (Å²) in [5.41, 5.74) is -2.28. The van der Waals surface area contributed by atoms with E-state index < -0.39 is 59.1 Å². The Morgan fingerprint density at radius 1 is 0.424 bits per heavy atom. The minimum absolute atomic E-state index is 0.0159. The van der Waals surface area contributed by atoms with Gasteiger partial charge in [-0.3, -0.25) is 0 Å². The second-order valence-corrected chi connectivity index (χ2v) is 6.88. The number of hydrogen-bond acceptors (Lipinski definition) is 1. The van der Waals surface area contributed by atoms with Crippen LogP contribution < -0.4 is 0 Å². The van der Waals surface area contributed by atoms with Crippen molar-refractivity contribution in [3.05, 3.63) is 22.4 Å². The molecule has 0 spiro atoms. The van der Waals surface area contributed by atoms with Gasteiger partial charge in [0.2, 0.25) is 0 Å². The van der Waals surface area contributed by atoms with Crippen molar-refractivity contribution in [3.63, 3.8) is 0 Å². The minimum atomic E-state index is -8.89. The van der Waals surface area contributed by atoms with Gasteiger partial charge in [-0.25, -0.2) is 0 Å². The zero-order valence-corrected chi connectivity index (χ0v) is 15.1. The third-order valence-corrected chi connectivity index (χ3v) is 4.68. The number of thiophene rings is 1. The van der Waals surface area contributed by atoms with Gasteiger partial charge in [0.25, 0.3) is 0 Å². The van der Waals surface area contributed by atoms with E-state index in [1.807, 2.05) is 0 Å². The smallest absolute Gasteiger partial charge is 0.194 e. The van der Waals surface area contributed by atoms with E-state index in [1.165, 1.54) is 0 Å². The molecule has 1 heterocycles. The SMILES string of the molecule is FC(F)(F)C(F)(F)C(F)(F)C(F)(F)C(F)(F)C(F)(F)C(F)(F)C(F)(F)C(F)(F)c1ccsc1. The summed E-state index contributed by atoms with van der Waals surface area (Å²) in [6, 6.07) is -0.155. The Kier molecular flexibility index (Phi) is 6.62. The molecule has 0 aliphatic heterocycles. The van der Waals surface area contributed by atoms with Crippen LogP contribution in [0.1, 0.15) is 5.56 Å². The van der Waals surface area contributed by atoms with Crippen LogP contribution in [0, 0.1) is 0 Å². The fourth-order valence-electron chi connectivity index (χ4n) is 1.99. The normalized spacial score (nSPS) is 16.3. The fraction of sp³-hybridized carbons (Fsp3) is 0.692. The molecule has 0 aliphatic rings. The van der Waals surface area contributed by atoms with Gasteiger partial charge in [0, 0.05) is 10.9 Å². The lowest BCUT2D eigenvalue weighted by molar-refractivity contribution is -0.469. The molecule has 0 amide bonds. The predicted octanol–water partition coefficient (Wildman–Crippen LogP) is 7.85. The van der Waals surface area contributed by atoms with E-state index in [-0.39, 0.29) is 22.8 Å². The van der Waals surface area contributed by atoms with Crippen LogP contribution in [-0.2, 0) is 5.92 Å². The first-order valence-corrected chi connectivity index (χ1v) is 8.17. The van der Waals surface area contributed by atoms with Crippen LogP contribution in [0.2, 0.25) is 0 Å². The van der Waals surface area contributed by atoms with Crippen LogP contribution in [-0.4, -0.2) is 47.6 Å². The van der Waals surface area contributed by atoms with Crippen LogP contribution in [0.5, 0.6) is 0 Å². The van der Waals surface area contributed by atoms with Gasteiger partial charge in [0.05, 0.1) is 0 Å². The molecule has 20 heteroatoms. The second-order valence-electron chi connectivity index (χ2n) is 6.10. The van der Waals surface area contributed by atoms with E-state index in [9.17, 15) is 83.4 Å². The van der Waals surface area contributed by atoms with Crippen LogP contribution in [0.3, 0.4) is 0 Å². The highest BCUT2D eigenvalue weighted by Crippen LogP contribution is 2.66. The number of alkyl halides is 19. The van der Waals surface area contributed by atoms with E-state index in [4.69, 9.17) is 0 Å². The molecule has 0 aromatic carbocycles. The Balaban J connectivity index is 3.74. The standard InChI is InChI=1S/C13H3F19S/c14-5(15,4-1-2-33-3-4)6(16,17)7(18,19)8(20,21)9(22,23)10(24,25)11(26,27)12(28,29)13(30,31)32/h1-3H. The van der Waals surface area contributed by atoms with Gasteiger partial charge in [-0.05, 0) is 11.4 Å². The van der Waals surface area contributed by atoms with E-state index in [2.05, 4.69) is 0 Å². The van der Waals surface area contributed by atoms with E-state index >= 15 is 0 Å². The van der Waals surface area contributed by atoms with Crippen molar-refractivity contribution in [3.8, 4) is 0 Å². The average Bonchev–Trinajstić information content (AvgIpc) is 3.14. The van der Waals surface area contributed by atoms with Crippen molar-refractivity contribution in [2.24, 2.45) is 0 Å². The van der Waals surface area contributed by atoms with Crippen molar-refractivity contribution < 1.29 is 83.4 Å². The molecule has 0 nitrogen and oxygen atoms in total. The van der Waals surface area contributed by atoms with Crippen molar-refractivity contribution in [2.75, 3.05) is 0 Å². The fourth-order valence-corrected chi connectivity index (χ4v) is 2.66. The molecule has 0 fully saturated rings. The van der Waals surface area contributed by atoms with Gasteiger partial charge in [0.15, 0.2) is 0 Å². The minimum Gasteiger partial charge on any atom is -0.194 e. The lowest BCUT2D eigenvalue weighted by atomic mass is 9.86. The van der Waals surface area contributed by atoms with Crippen LogP contribution in [0.15, 0.2) is 16.8 Å². The molecule has 0 atom stereocenters. The Bertz CT molecular complexity index is 830. The zero-order chi connectivity index (χ0) is 26.9. The quantitative estimate of drug-likeness (QED) is 0.289. The van der Waals surface area contributed by atoms with Crippen LogP contribution >= 0.6 is 11.3 Å². The number of rotatable bonds is 8. The molecule has 0 unspecified atom stereocenters. The Morgan fingerprint density at radius 3 is 1.00 bits per heavy atom. The zero-order valence-electron chi connectivity index (χ0n) is 14.3. The van der Waals surface area contributed by atoms with E-state index in [0.29, 0.717) is 5.38 Å². The van der Waals surface area contributed by atoms with Gasteiger partial charge in [-0.1, -0.05) is 0 Å². The first-order valence-electron chi connectivity index (χ1n) is 7.22. The van der Waals surface area contributed by atoms with Gasteiger partial charge in [-0.15, -0.1) is 0 Å². The molecule has 0 bridgehead atoms. The van der Waals surface area contributed by atoms with Crippen molar-refractivity contribution >= 4 is 11.3 Å². The maximum Gasteiger partial charge on any atom is 0.460 e. The van der Waals surface area contributed by atoms with Crippen molar-refractivity contribution in [1.29, 1.82) is 0 Å². The summed E-state index contributed by atoms with van der Waals surface area (Å²) in [5, 5.41) is 0.297. The largest absolute Gasteiger partial charge is 0.460 e. The molecule has 33 heavy (non-hydrogen) atoms. The summed E-state index contributed by atoms with van der Waals surface area (Å²) >= 11 is 0.0159. The summed E-state index contributed by atoms with van der Waals surface area (Å²) in [6.07, 6.45) is -7.89. The van der Waals surface area contributed by atoms with E-state index in [0.717, 1.165) is 0 Å². The molecule has 194 valence electrons. The van der Waals surface area contributed by atoms with Gasteiger partial charge in [0.1, 0.15) is 0 Å². The molecule has 0 radical (unpaired) electrons. The third-order valence-electron chi connectivity index (χ3n) is 4.00. The third kappa shape index (κ3) is 3.52. The van der Waals surface area contributed by atoms with Crippen molar-refractivity contribution in [1.82, 2.24) is 0 Å². The monoisotopic (exact) mass is 552 g/mol.